The van der Waals surface area contributed by atoms with Gasteiger partial charge in [-0.15, -0.1) is 11.3 Å². The van der Waals surface area contributed by atoms with Crippen molar-refractivity contribution in [3.63, 3.8) is 0 Å². The standard InChI is InChI=1S/C21H20ClN3O3S/c1-14-16-12-19(20(26)24(9-11-27-2)13-15-6-5-10-28-15)29-21(16)25(23-14)18-8-4-3-7-17(18)22/h3-8,10,12H,9,11,13H2,1-2H3. The van der Waals surface area contributed by atoms with E-state index >= 15 is 0 Å². The lowest BCUT2D eigenvalue weighted by molar-refractivity contribution is 0.0671. The first-order valence-electron chi connectivity index (χ1n) is 9.13. The van der Waals surface area contributed by atoms with E-state index in [1.165, 1.54) is 11.3 Å². The maximum absolute atomic E-state index is 13.3. The van der Waals surface area contributed by atoms with E-state index in [4.69, 9.17) is 20.8 Å². The molecule has 3 heterocycles. The molecule has 0 unspecified atom stereocenters. The third-order valence-electron chi connectivity index (χ3n) is 4.62. The van der Waals surface area contributed by atoms with Crippen LogP contribution in [0.3, 0.4) is 0 Å². The van der Waals surface area contributed by atoms with Crippen molar-refractivity contribution in [3.05, 3.63) is 70.1 Å². The summed E-state index contributed by atoms with van der Waals surface area (Å²) >= 11 is 7.78. The molecule has 0 atom stereocenters. The van der Waals surface area contributed by atoms with Gasteiger partial charge in [-0.05, 0) is 37.3 Å². The number of methoxy groups -OCH3 is 1. The van der Waals surface area contributed by atoms with E-state index in [0.717, 1.165) is 27.4 Å². The minimum absolute atomic E-state index is 0.0650. The molecule has 8 heteroatoms. The van der Waals surface area contributed by atoms with Crippen LogP contribution in [0.2, 0.25) is 5.02 Å². The van der Waals surface area contributed by atoms with E-state index in [9.17, 15) is 4.79 Å². The topological polar surface area (TPSA) is 60.5 Å². The van der Waals surface area contributed by atoms with E-state index in [-0.39, 0.29) is 5.91 Å². The molecular formula is C21H20ClN3O3S. The molecule has 0 saturated carbocycles. The monoisotopic (exact) mass is 429 g/mol. The van der Waals surface area contributed by atoms with Crippen LogP contribution in [0.25, 0.3) is 15.9 Å². The number of para-hydroxylation sites is 1. The highest BCUT2D eigenvalue weighted by Gasteiger charge is 2.22. The number of ether oxygens (including phenoxy) is 1. The molecule has 1 amide bonds. The average Bonchev–Trinajstić information content (AvgIpc) is 3.44. The quantitative estimate of drug-likeness (QED) is 0.418. The Morgan fingerprint density at radius 2 is 2.14 bits per heavy atom. The molecule has 0 bridgehead atoms. The number of carbonyl (C=O) groups is 1. The number of benzene rings is 1. The highest BCUT2D eigenvalue weighted by Crippen LogP contribution is 2.33. The summed E-state index contributed by atoms with van der Waals surface area (Å²) in [5.74, 6) is 0.666. The molecule has 0 N–H and O–H groups in total. The zero-order chi connectivity index (χ0) is 20.4. The number of rotatable bonds is 7. The predicted molar refractivity (Wildman–Crippen MR) is 114 cm³/mol. The number of nitrogens with zero attached hydrogens (tertiary/aromatic N) is 3. The van der Waals surface area contributed by atoms with Crippen LogP contribution in [0.4, 0.5) is 0 Å². The predicted octanol–water partition coefficient (Wildman–Crippen LogP) is 4.93. The summed E-state index contributed by atoms with van der Waals surface area (Å²) in [5, 5.41) is 6.18. The molecule has 1 aromatic carbocycles. The number of aryl methyl sites for hydroxylation is 1. The van der Waals surface area contributed by atoms with E-state index in [1.807, 2.05) is 49.4 Å². The van der Waals surface area contributed by atoms with Crippen molar-refractivity contribution in [2.45, 2.75) is 13.5 Å². The van der Waals surface area contributed by atoms with Crippen molar-refractivity contribution in [2.75, 3.05) is 20.3 Å². The van der Waals surface area contributed by atoms with Crippen LogP contribution < -0.4 is 0 Å². The Morgan fingerprint density at radius 3 is 2.86 bits per heavy atom. The fraction of sp³-hybridized carbons (Fsp3) is 0.238. The molecule has 29 heavy (non-hydrogen) atoms. The number of fused-ring (bicyclic) bond motifs is 1. The van der Waals surface area contributed by atoms with Gasteiger partial charge in [0, 0.05) is 19.0 Å². The Morgan fingerprint density at radius 1 is 1.31 bits per heavy atom. The molecule has 150 valence electrons. The Hall–Kier alpha value is -2.61. The van der Waals surface area contributed by atoms with Gasteiger partial charge in [0.25, 0.3) is 5.91 Å². The number of carbonyl (C=O) groups excluding carboxylic acids is 1. The first-order valence-corrected chi connectivity index (χ1v) is 10.3. The Bertz CT molecular complexity index is 1130. The van der Waals surface area contributed by atoms with Crippen molar-refractivity contribution >= 4 is 39.1 Å². The van der Waals surface area contributed by atoms with Gasteiger partial charge in [0.2, 0.25) is 0 Å². The van der Waals surface area contributed by atoms with Crippen LogP contribution >= 0.6 is 22.9 Å². The zero-order valence-corrected chi connectivity index (χ0v) is 17.7. The van der Waals surface area contributed by atoms with Gasteiger partial charge < -0.3 is 14.1 Å². The van der Waals surface area contributed by atoms with Crippen LogP contribution in [0.1, 0.15) is 21.1 Å². The molecule has 0 aliphatic rings. The molecule has 0 saturated heterocycles. The number of hydrogen-bond acceptors (Lipinski definition) is 5. The summed E-state index contributed by atoms with van der Waals surface area (Å²) in [7, 11) is 1.62. The maximum atomic E-state index is 13.3. The summed E-state index contributed by atoms with van der Waals surface area (Å²) in [5.41, 5.74) is 1.64. The van der Waals surface area contributed by atoms with Gasteiger partial charge in [0.05, 0.1) is 40.7 Å². The van der Waals surface area contributed by atoms with Crippen molar-refractivity contribution in [2.24, 2.45) is 0 Å². The molecule has 4 rings (SSSR count). The highest BCUT2D eigenvalue weighted by atomic mass is 35.5. The van der Waals surface area contributed by atoms with Crippen molar-refractivity contribution in [3.8, 4) is 5.69 Å². The van der Waals surface area contributed by atoms with Crippen LogP contribution in [0.15, 0.2) is 53.1 Å². The largest absolute Gasteiger partial charge is 0.467 e. The molecule has 0 aliphatic heterocycles. The number of thiophene rings is 1. The first kappa shape index (κ1) is 19.7. The lowest BCUT2D eigenvalue weighted by Gasteiger charge is -2.20. The van der Waals surface area contributed by atoms with E-state index in [0.29, 0.717) is 29.6 Å². The number of hydrogen-bond donors (Lipinski definition) is 0. The average molecular weight is 430 g/mol. The summed E-state index contributed by atoms with van der Waals surface area (Å²) in [4.78, 5) is 16.5. The van der Waals surface area contributed by atoms with Crippen LogP contribution in [0, 0.1) is 6.92 Å². The van der Waals surface area contributed by atoms with Gasteiger partial charge >= 0.3 is 0 Å². The molecule has 0 radical (unpaired) electrons. The normalized spacial score (nSPS) is 11.3. The molecule has 0 fully saturated rings. The summed E-state index contributed by atoms with van der Waals surface area (Å²) in [6.07, 6.45) is 1.61. The molecule has 6 nitrogen and oxygen atoms in total. The minimum Gasteiger partial charge on any atom is -0.467 e. The number of furan rings is 1. The summed E-state index contributed by atoms with van der Waals surface area (Å²) in [6.45, 7) is 3.24. The van der Waals surface area contributed by atoms with Gasteiger partial charge in [-0.2, -0.15) is 5.10 Å². The van der Waals surface area contributed by atoms with Crippen LogP contribution in [-0.2, 0) is 11.3 Å². The third kappa shape index (κ3) is 3.94. The van der Waals surface area contributed by atoms with Crippen molar-refractivity contribution < 1.29 is 13.9 Å². The maximum Gasteiger partial charge on any atom is 0.264 e. The SMILES string of the molecule is COCCN(Cc1ccco1)C(=O)c1cc2c(C)nn(-c3ccccc3Cl)c2s1. The molecular weight excluding hydrogens is 410 g/mol. The first-order chi connectivity index (χ1) is 14.1. The fourth-order valence-electron chi connectivity index (χ4n) is 3.14. The van der Waals surface area contributed by atoms with E-state index in [2.05, 4.69) is 5.10 Å². The second-order valence-corrected chi connectivity index (χ2v) is 8.01. The van der Waals surface area contributed by atoms with Gasteiger partial charge in [-0.1, -0.05) is 23.7 Å². The Kier molecular flexibility index (Phi) is 5.71. The number of aromatic nitrogens is 2. The Labute approximate surface area is 177 Å². The van der Waals surface area contributed by atoms with Gasteiger partial charge in [-0.3, -0.25) is 4.79 Å². The summed E-state index contributed by atoms with van der Waals surface area (Å²) in [6, 6.07) is 13.1. The fourth-order valence-corrected chi connectivity index (χ4v) is 4.50. The Balaban J connectivity index is 1.70. The zero-order valence-electron chi connectivity index (χ0n) is 16.1. The smallest absolute Gasteiger partial charge is 0.264 e. The van der Waals surface area contributed by atoms with Gasteiger partial charge in [0.15, 0.2) is 0 Å². The molecule has 4 aromatic rings. The second kappa shape index (κ2) is 8.41. The van der Waals surface area contributed by atoms with E-state index in [1.54, 1.807) is 23.0 Å². The van der Waals surface area contributed by atoms with Gasteiger partial charge in [0.1, 0.15) is 10.6 Å². The lowest BCUT2D eigenvalue weighted by Crippen LogP contribution is -2.32. The summed E-state index contributed by atoms with van der Waals surface area (Å²) < 4.78 is 12.4. The minimum atomic E-state index is -0.0650. The lowest BCUT2D eigenvalue weighted by atomic mass is 10.3. The second-order valence-electron chi connectivity index (χ2n) is 6.58. The number of halogens is 1. The van der Waals surface area contributed by atoms with Crippen LogP contribution in [-0.4, -0.2) is 40.8 Å². The molecule has 0 aliphatic carbocycles. The van der Waals surface area contributed by atoms with Crippen molar-refractivity contribution in [1.29, 1.82) is 0 Å². The van der Waals surface area contributed by atoms with Gasteiger partial charge in [-0.25, -0.2) is 4.68 Å². The third-order valence-corrected chi connectivity index (χ3v) is 6.03. The van der Waals surface area contributed by atoms with Crippen LogP contribution in [0.5, 0.6) is 0 Å². The van der Waals surface area contributed by atoms with E-state index < -0.39 is 0 Å². The molecule has 3 aromatic heterocycles. The van der Waals surface area contributed by atoms with Crippen molar-refractivity contribution in [1.82, 2.24) is 14.7 Å². The number of amides is 1. The highest BCUT2D eigenvalue weighted by molar-refractivity contribution is 7.20. The molecule has 0 spiro atoms.